The van der Waals surface area contributed by atoms with Gasteiger partial charge in [0, 0.05) is 33.8 Å². The fraction of sp³-hybridized carbons (Fsp3) is 0.625. The van der Waals surface area contributed by atoms with Gasteiger partial charge in [-0.05, 0) is 32.0 Å². The van der Waals surface area contributed by atoms with Gasteiger partial charge in [-0.15, -0.1) is 0 Å². The summed E-state index contributed by atoms with van der Waals surface area (Å²) in [5.41, 5.74) is 7.91. The van der Waals surface area contributed by atoms with Crippen LogP contribution < -0.4 is 15.4 Å². The van der Waals surface area contributed by atoms with Crippen molar-refractivity contribution < 1.29 is 9.47 Å². The average molecular weight is 311 g/mol. The van der Waals surface area contributed by atoms with Crippen molar-refractivity contribution in [2.45, 2.75) is 39.5 Å². The molecule has 1 rings (SSSR count). The lowest BCUT2D eigenvalue weighted by Gasteiger charge is -2.23. The highest BCUT2D eigenvalue weighted by atomic mass is 28.3. The number of ether oxygens (including phenoxy) is 2. The second kappa shape index (κ2) is 8.29. The summed E-state index contributed by atoms with van der Waals surface area (Å²) in [6, 6.07) is 6.99. The number of benzene rings is 1. The Hall–Kier alpha value is -1.20. The number of nitrogens with zero attached hydrogens (tertiary/aromatic N) is 1. The molecule has 0 heterocycles. The van der Waals surface area contributed by atoms with Crippen molar-refractivity contribution in [3.63, 3.8) is 0 Å². The second-order valence-electron chi connectivity index (χ2n) is 6.37. The zero-order chi connectivity index (χ0) is 15.9. The summed E-state index contributed by atoms with van der Waals surface area (Å²) < 4.78 is 11.1. The van der Waals surface area contributed by atoms with E-state index in [0.29, 0.717) is 0 Å². The minimum Gasteiger partial charge on any atom is -0.467 e. The smallest absolute Gasteiger partial charge is 0.189 e. The molecule has 0 unspecified atom stereocenters. The van der Waals surface area contributed by atoms with Gasteiger partial charge < -0.3 is 20.1 Å². The highest BCUT2D eigenvalue weighted by Gasteiger charge is 2.12. The number of anilines is 2. The van der Waals surface area contributed by atoms with E-state index in [1.165, 1.54) is 0 Å². The highest BCUT2D eigenvalue weighted by molar-refractivity contribution is 6.76. The third kappa shape index (κ3) is 6.40. The van der Waals surface area contributed by atoms with Crippen LogP contribution in [0.4, 0.5) is 11.4 Å². The molecule has 0 atom stereocenters. The Morgan fingerprint density at radius 3 is 2.33 bits per heavy atom. The van der Waals surface area contributed by atoms with Gasteiger partial charge in [-0.3, -0.25) is 0 Å². The van der Waals surface area contributed by atoms with Gasteiger partial charge in [0.05, 0.1) is 11.4 Å². The van der Waals surface area contributed by atoms with Crippen molar-refractivity contribution in [1.82, 2.24) is 0 Å². The lowest BCUT2D eigenvalue weighted by molar-refractivity contribution is 0.0221. The number of hydrogen-bond acceptors (Lipinski definition) is 4. The second-order valence-corrected chi connectivity index (χ2v) is 12.0. The number of hydrogen-bond donors (Lipinski definition) is 1. The molecule has 0 saturated carbocycles. The highest BCUT2D eigenvalue weighted by Crippen LogP contribution is 2.27. The Bertz CT molecular complexity index is 429. The molecule has 5 heteroatoms. The van der Waals surface area contributed by atoms with Crippen LogP contribution in [0.5, 0.6) is 5.75 Å². The molecule has 2 N–H and O–H groups in total. The summed E-state index contributed by atoms with van der Waals surface area (Å²) in [7, 11) is -1.03. The van der Waals surface area contributed by atoms with Crippen LogP contribution in [0, 0.1) is 0 Å². The summed E-state index contributed by atoms with van der Waals surface area (Å²) in [5, 5.41) is 0. The lowest BCUT2D eigenvalue weighted by Crippen LogP contribution is -2.23. The minimum absolute atomic E-state index is 0.286. The topological polar surface area (TPSA) is 47.7 Å². The first-order valence-electron chi connectivity index (χ1n) is 7.72. The molecule has 0 amide bonds. The SMILES string of the molecule is CCN(CC)c1ccc(OCOCC[Si](C)(C)C)cc1N. The van der Waals surface area contributed by atoms with Gasteiger partial charge in [-0.25, -0.2) is 0 Å². The fourth-order valence-corrected chi connectivity index (χ4v) is 2.78. The predicted molar refractivity (Wildman–Crippen MR) is 94.0 cm³/mol. The van der Waals surface area contributed by atoms with Crippen molar-refractivity contribution in [1.29, 1.82) is 0 Å². The van der Waals surface area contributed by atoms with Crippen molar-refractivity contribution >= 4 is 19.4 Å². The van der Waals surface area contributed by atoms with E-state index >= 15 is 0 Å². The van der Waals surface area contributed by atoms with E-state index in [1.54, 1.807) is 0 Å². The molecular weight excluding hydrogens is 280 g/mol. The first kappa shape index (κ1) is 17.8. The van der Waals surface area contributed by atoms with E-state index < -0.39 is 8.07 Å². The summed E-state index contributed by atoms with van der Waals surface area (Å²) in [6.45, 7) is 14.2. The maximum atomic E-state index is 6.10. The van der Waals surface area contributed by atoms with Gasteiger partial charge in [0.15, 0.2) is 6.79 Å². The molecular formula is C16H30N2O2Si. The first-order chi connectivity index (χ1) is 9.87. The molecule has 0 bridgehead atoms. The van der Waals surface area contributed by atoms with Crippen molar-refractivity contribution in [3.05, 3.63) is 18.2 Å². The van der Waals surface area contributed by atoms with E-state index in [0.717, 1.165) is 42.9 Å². The van der Waals surface area contributed by atoms with Gasteiger partial charge in [0.25, 0.3) is 0 Å². The molecule has 0 radical (unpaired) electrons. The molecule has 0 aromatic heterocycles. The molecule has 1 aromatic rings. The molecule has 0 aliphatic carbocycles. The van der Waals surface area contributed by atoms with Crippen LogP contribution in [-0.4, -0.2) is 34.6 Å². The third-order valence-corrected chi connectivity index (χ3v) is 5.11. The van der Waals surface area contributed by atoms with Crippen LogP contribution >= 0.6 is 0 Å². The normalized spacial score (nSPS) is 11.5. The fourth-order valence-electron chi connectivity index (χ4n) is 2.02. The lowest BCUT2D eigenvalue weighted by atomic mass is 10.2. The maximum Gasteiger partial charge on any atom is 0.189 e. The van der Waals surface area contributed by atoms with Crippen LogP contribution in [0.3, 0.4) is 0 Å². The van der Waals surface area contributed by atoms with Gasteiger partial charge in [0.1, 0.15) is 5.75 Å². The first-order valence-corrected chi connectivity index (χ1v) is 11.4. The minimum atomic E-state index is -1.03. The predicted octanol–water partition coefficient (Wildman–Crippen LogP) is 3.81. The quantitative estimate of drug-likeness (QED) is 0.326. The summed E-state index contributed by atoms with van der Waals surface area (Å²) in [4.78, 5) is 2.23. The third-order valence-electron chi connectivity index (χ3n) is 3.41. The van der Waals surface area contributed by atoms with E-state index in [4.69, 9.17) is 15.2 Å². The standard InChI is InChI=1S/C16H30N2O2Si/c1-6-18(7-2)16-9-8-14(12-15(16)17)20-13-19-10-11-21(3,4)5/h8-9,12H,6-7,10-11,13,17H2,1-5H3. The Morgan fingerprint density at radius 2 is 1.81 bits per heavy atom. The van der Waals surface area contributed by atoms with Crippen LogP contribution in [0.1, 0.15) is 13.8 Å². The van der Waals surface area contributed by atoms with E-state index in [2.05, 4.69) is 38.4 Å². The summed E-state index contributed by atoms with van der Waals surface area (Å²) >= 11 is 0. The molecule has 0 fully saturated rings. The van der Waals surface area contributed by atoms with Gasteiger partial charge in [-0.1, -0.05) is 19.6 Å². The molecule has 0 spiro atoms. The largest absolute Gasteiger partial charge is 0.467 e. The number of nitrogen functional groups attached to an aromatic ring is 1. The molecule has 0 aliphatic rings. The molecule has 0 saturated heterocycles. The molecule has 120 valence electrons. The van der Waals surface area contributed by atoms with E-state index in [9.17, 15) is 0 Å². The maximum absolute atomic E-state index is 6.10. The average Bonchev–Trinajstić information content (AvgIpc) is 2.40. The zero-order valence-corrected chi connectivity index (χ0v) is 15.1. The molecule has 1 aromatic carbocycles. The Balaban J connectivity index is 2.45. The van der Waals surface area contributed by atoms with E-state index in [1.807, 2.05) is 18.2 Å². The van der Waals surface area contributed by atoms with Crippen LogP contribution in [0.15, 0.2) is 18.2 Å². The van der Waals surface area contributed by atoms with Crippen molar-refractivity contribution in [2.24, 2.45) is 0 Å². The molecule has 21 heavy (non-hydrogen) atoms. The molecule has 0 aliphatic heterocycles. The van der Waals surface area contributed by atoms with Crippen LogP contribution in [-0.2, 0) is 4.74 Å². The Kier molecular flexibility index (Phi) is 7.05. The number of nitrogens with two attached hydrogens (primary N) is 1. The van der Waals surface area contributed by atoms with E-state index in [-0.39, 0.29) is 6.79 Å². The summed E-state index contributed by atoms with van der Waals surface area (Å²) in [5.74, 6) is 0.761. The number of rotatable bonds is 9. The van der Waals surface area contributed by atoms with Crippen molar-refractivity contribution in [3.8, 4) is 5.75 Å². The monoisotopic (exact) mass is 310 g/mol. The van der Waals surface area contributed by atoms with Gasteiger partial charge in [-0.2, -0.15) is 0 Å². The van der Waals surface area contributed by atoms with Crippen LogP contribution in [0.2, 0.25) is 25.7 Å². The van der Waals surface area contributed by atoms with Gasteiger partial charge in [0.2, 0.25) is 0 Å². The Labute approximate surface area is 130 Å². The van der Waals surface area contributed by atoms with Gasteiger partial charge >= 0.3 is 0 Å². The summed E-state index contributed by atoms with van der Waals surface area (Å²) in [6.07, 6.45) is 0. The van der Waals surface area contributed by atoms with Crippen LogP contribution in [0.25, 0.3) is 0 Å². The Morgan fingerprint density at radius 1 is 1.14 bits per heavy atom. The molecule has 4 nitrogen and oxygen atoms in total. The van der Waals surface area contributed by atoms with Crippen molar-refractivity contribution in [2.75, 3.05) is 37.1 Å². The zero-order valence-electron chi connectivity index (χ0n) is 14.1.